The third kappa shape index (κ3) is 5.63. The quantitative estimate of drug-likeness (QED) is 0.436. The van der Waals surface area contributed by atoms with Crippen molar-refractivity contribution in [1.29, 1.82) is 0 Å². The molecule has 6 rings (SSSR count). The molecule has 2 aromatic rings. The molecule has 3 N–H and O–H groups in total. The van der Waals surface area contributed by atoms with Gasteiger partial charge in [-0.05, 0) is 80.3 Å². The maximum Gasteiger partial charge on any atom is 0.257 e. The van der Waals surface area contributed by atoms with E-state index in [1.54, 1.807) is 19.1 Å². The van der Waals surface area contributed by atoms with E-state index in [0.717, 1.165) is 55.8 Å². The molecule has 3 aliphatic heterocycles. The molecule has 4 aliphatic rings. The van der Waals surface area contributed by atoms with Crippen LogP contribution in [0.2, 0.25) is 0 Å². The van der Waals surface area contributed by atoms with Crippen LogP contribution in [0.1, 0.15) is 54.9 Å². The molecule has 0 radical (unpaired) electrons. The molecule has 1 amide bonds. The Bertz CT molecular complexity index is 1450. The van der Waals surface area contributed by atoms with E-state index in [9.17, 15) is 17.6 Å². The number of halogens is 1. The van der Waals surface area contributed by atoms with E-state index in [-0.39, 0.29) is 24.0 Å². The summed E-state index contributed by atoms with van der Waals surface area (Å²) in [5.41, 5.74) is 3.97. The summed E-state index contributed by atoms with van der Waals surface area (Å²) in [6, 6.07) is 8.54. The summed E-state index contributed by atoms with van der Waals surface area (Å²) in [5.74, 6) is -0.312. The zero-order valence-electron chi connectivity index (χ0n) is 23.9. The van der Waals surface area contributed by atoms with Crippen molar-refractivity contribution in [1.82, 2.24) is 4.72 Å². The van der Waals surface area contributed by atoms with Crippen molar-refractivity contribution in [2.75, 3.05) is 72.9 Å². The summed E-state index contributed by atoms with van der Waals surface area (Å²) < 4.78 is 43.0. The van der Waals surface area contributed by atoms with Gasteiger partial charge in [0.1, 0.15) is 5.67 Å². The zero-order valence-corrected chi connectivity index (χ0v) is 24.7. The van der Waals surface area contributed by atoms with Gasteiger partial charge in [-0.2, -0.15) is 0 Å². The van der Waals surface area contributed by atoms with Crippen LogP contribution in [0.15, 0.2) is 35.2 Å². The van der Waals surface area contributed by atoms with Gasteiger partial charge >= 0.3 is 0 Å². The van der Waals surface area contributed by atoms with Crippen molar-refractivity contribution in [2.24, 2.45) is 5.41 Å². The molecule has 222 valence electrons. The summed E-state index contributed by atoms with van der Waals surface area (Å²) in [6.07, 6.45) is 5.84. The third-order valence-corrected chi connectivity index (χ3v) is 10.8. The fourth-order valence-corrected chi connectivity index (χ4v) is 7.69. The molecule has 1 aliphatic carbocycles. The predicted molar refractivity (Wildman–Crippen MR) is 160 cm³/mol. The molecule has 2 saturated heterocycles. The molecule has 1 saturated carbocycles. The van der Waals surface area contributed by atoms with Crippen molar-refractivity contribution in [3.8, 4) is 0 Å². The topological polar surface area (TPSA) is 105 Å². The number of aliphatic hydroxyl groups excluding tert-OH is 1. The second kappa shape index (κ2) is 10.4. The van der Waals surface area contributed by atoms with E-state index >= 15 is 0 Å². The minimum atomic E-state index is -3.84. The fourth-order valence-electron chi connectivity index (χ4n) is 6.64. The van der Waals surface area contributed by atoms with Crippen LogP contribution < -0.4 is 24.7 Å². The standard InChI is InChI=1S/C30H40FN5O4S/c1-29(31)8-13-36(20-29)26-18-22(17-21-5-12-34(2)27(21)26)33-28(38)24-4-3-23(41(39,40)32-11-16-37)19-25(24)35-14-9-30(6-7-30)10-15-35/h3-4,17-19,32,37H,5-16,20H2,1-2H3,(H,33,38). The first kappa shape index (κ1) is 28.2. The Labute approximate surface area is 241 Å². The Morgan fingerprint density at radius 1 is 1.00 bits per heavy atom. The molecule has 1 atom stereocenters. The number of hydrogen-bond donors (Lipinski definition) is 3. The number of hydrogen-bond acceptors (Lipinski definition) is 7. The van der Waals surface area contributed by atoms with E-state index in [2.05, 4.69) is 24.7 Å². The number of carbonyl (C=O) groups is 1. The van der Waals surface area contributed by atoms with Gasteiger partial charge in [0.25, 0.3) is 5.91 Å². The number of sulfonamides is 1. The molecule has 9 nitrogen and oxygen atoms in total. The minimum absolute atomic E-state index is 0.0652. The van der Waals surface area contributed by atoms with Gasteiger partial charge in [0.2, 0.25) is 10.0 Å². The highest BCUT2D eigenvalue weighted by Gasteiger charge is 2.45. The number of anilines is 4. The minimum Gasteiger partial charge on any atom is -0.395 e. The SMILES string of the molecule is CN1CCc2cc(NC(=O)c3ccc(S(=O)(=O)NCCO)cc3N3CCC4(CC3)CC4)cc(N3CCC(C)(F)C3)c21. The van der Waals surface area contributed by atoms with Crippen LogP contribution in [0.25, 0.3) is 0 Å². The third-order valence-electron chi connectivity index (χ3n) is 9.34. The lowest BCUT2D eigenvalue weighted by Gasteiger charge is -2.35. The molecule has 1 unspecified atom stereocenters. The Morgan fingerprint density at radius 3 is 2.39 bits per heavy atom. The van der Waals surface area contributed by atoms with Gasteiger partial charge in [-0.25, -0.2) is 17.5 Å². The molecule has 3 heterocycles. The second-order valence-electron chi connectivity index (χ2n) is 12.5. The molecule has 0 bridgehead atoms. The summed E-state index contributed by atoms with van der Waals surface area (Å²) in [7, 11) is -1.80. The van der Waals surface area contributed by atoms with Gasteiger partial charge in [-0.15, -0.1) is 0 Å². The highest BCUT2D eigenvalue weighted by molar-refractivity contribution is 7.89. The Hall–Kier alpha value is -2.89. The number of piperidine rings is 1. The fraction of sp³-hybridized carbons (Fsp3) is 0.567. The van der Waals surface area contributed by atoms with Crippen molar-refractivity contribution in [2.45, 2.75) is 56.0 Å². The summed E-state index contributed by atoms with van der Waals surface area (Å²) in [5, 5.41) is 12.2. The van der Waals surface area contributed by atoms with Crippen LogP contribution in [0.3, 0.4) is 0 Å². The second-order valence-corrected chi connectivity index (χ2v) is 14.3. The number of nitrogens with one attached hydrogen (secondary N) is 2. The maximum atomic E-state index is 14.8. The van der Waals surface area contributed by atoms with Crippen LogP contribution in [0.5, 0.6) is 0 Å². The molecule has 11 heteroatoms. The summed E-state index contributed by atoms with van der Waals surface area (Å²) in [6.45, 7) is 4.57. The lowest BCUT2D eigenvalue weighted by molar-refractivity contribution is 0.102. The monoisotopic (exact) mass is 585 g/mol. The smallest absolute Gasteiger partial charge is 0.257 e. The van der Waals surface area contributed by atoms with Gasteiger partial charge in [0, 0.05) is 51.9 Å². The van der Waals surface area contributed by atoms with E-state index < -0.39 is 15.7 Å². The van der Waals surface area contributed by atoms with E-state index in [1.165, 1.54) is 18.9 Å². The van der Waals surface area contributed by atoms with Crippen molar-refractivity contribution in [3.63, 3.8) is 0 Å². The number of alkyl halides is 1. The molecule has 2 aromatic carbocycles. The Balaban J connectivity index is 1.32. The zero-order chi connectivity index (χ0) is 29.0. The molecular formula is C30H40FN5O4S. The van der Waals surface area contributed by atoms with Crippen LogP contribution in [0, 0.1) is 5.41 Å². The van der Waals surface area contributed by atoms with Gasteiger partial charge in [0.15, 0.2) is 0 Å². The maximum absolute atomic E-state index is 14.8. The van der Waals surface area contributed by atoms with Gasteiger partial charge in [-0.1, -0.05) is 0 Å². The van der Waals surface area contributed by atoms with Crippen LogP contribution in [0.4, 0.5) is 27.1 Å². The number of nitrogens with zero attached hydrogens (tertiary/aromatic N) is 3. The highest BCUT2D eigenvalue weighted by atomic mass is 32.2. The summed E-state index contributed by atoms with van der Waals surface area (Å²) >= 11 is 0. The average Bonchev–Trinajstić information content (AvgIpc) is 3.44. The Kier molecular flexibility index (Phi) is 7.18. The summed E-state index contributed by atoms with van der Waals surface area (Å²) in [4.78, 5) is 20.3. The normalized spacial score (nSPS) is 23.3. The van der Waals surface area contributed by atoms with Gasteiger partial charge in [0.05, 0.1) is 40.7 Å². The molecule has 41 heavy (non-hydrogen) atoms. The van der Waals surface area contributed by atoms with Crippen LogP contribution in [-0.4, -0.2) is 78.0 Å². The average molecular weight is 586 g/mol. The number of rotatable bonds is 8. The van der Waals surface area contributed by atoms with E-state index in [0.29, 0.717) is 41.9 Å². The van der Waals surface area contributed by atoms with Crippen molar-refractivity contribution in [3.05, 3.63) is 41.5 Å². The number of aliphatic hydroxyl groups is 1. The van der Waals surface area contributed by atoms with Crippen LogP contribution in [-0.2, 0) is 16.4 Å². The van der Waals surface area contributed by atoms with Gasteiger partial charge in [-0.3, -0.25) is 4.79 Å². The predicted octanol–water partition coefficient (Wildman–Crippen LogP) is 3.52. The van der Waals surface area contributed by atoms with E-state index in [4.69, 9.17) is 5.11 Å². The van der Waals surface area contributed by atoms with Crippen LogP contribution >= 0.6 is 0 Å². The molecular weight excluding hydrogens is 545 g/mol. The largest absolute Gasteiger partial charge is 0.395 e. The molecule has 1 spiro atoms. The number of benzene rings is 2. The molecule has 3 fully saturated rings. The number of amides is 1. The lowest BCUT2D eigenvalue weighted by Crippen LogP contribution is -2.36. The number of carbonyl (C=O) groups excluding carboxylic acids is 1. The molecule has 0 aromatic heterocycles. The highest BCUT2D eigenvalue weighted by Crippen LogP contribution is 2.54. The first-order chi connectivity index (χ1) is 19.5. The lowest BCUT2D eigenvalue weighted by atomic mass is 9.93. The Morgan fingerprint density at radius 2 is 1.73 bits per heavy atom. The van der Waals surface area contributed by atoms with E-state index in [1.807, 2.05) is 19.2 Å². The number of fused-ring (bicyclic) bond motifs is 1. The van der Waals surface area contributed by atoms with Gasteiger partial charge < -0.3 is 25.1 Å². The first-order valence-corrected chi connectivity index (χ1v) is 16.1. The van der Waals surface area contributed by atoms with Crippen molar-refractivity contribution < 1.29 is 22.7 Å². The first-order valence-electron chi connectivity index (χ1n) is 14.6. The van der Waals surface area contributed by atoms with Crippen molar-refractivity contribution >= 4 is 38.7 Å². The number of likely N-dealkylation sites (N-methyl/N-ethyl adjacent to an activating group) is 1.